The minimum atomic E-state index is -0.248. The van der Waals surface area contributed by atoms with Gasteiger partial charge in [-0.2, -0.15) is 0 Å². The van der Waals surface area contributed by atoms with Gasteiger partial charge in [-0.3, -0.25) is 4.79 Å². The Morgan fingerprint density at radius 1 is 1.09 bits per heavy atom. The van der Waals surface area contributed by atoms with Crippen LogP contribution in [0.2, 0.25) is 0 Å². The van der Waals surface area contributed by atoms with Crippen LogP contribution in [0.3, 0.4) is 0 Å². The van der Waals surface area contributed by atoms with Gasteiger partial charge in [-0.1, -0.05) is 59.7 Å². The molecule has 2 aromatic rings. The molecule has 0 aliphatic carbocycles. The Labute approximate surface area is 144 Å². The molecule has 124 valence electrons. The normalized spacial score (nSPS) is 11.4. The third-order valence-electron chi connectivity index (χ3n) is 3.65. The Morgan fingerprint density at radius 3 is 2.30 bits per heavy atom. The molecule has 0 bridgehead atoms. The molecular weight excluding hydrogens is 308 g/mol. The number of nitrogens with two attached hydrogens (primary N) is 1. The fraction of sp³-hybridized carbons (Fsp3) is 0.316. The van der Waals surface area contributed by atoms with Crippen molar-refractivity contribution in [3.05, 3.63) is 70.8 Å². The number of hydrogen-bond donors (Lipinski definition) is 2. The lowest BCUT2D eigenvalue weighted by Gasteiger charge is -2.12. The summed E-state index contributed by atoms with van der Waals surface area (Å²) in [6, 6.07) is 16.0. The summed E-state index contributed by atoms with van der Waals surface area (Å²) in [6.07, 6.45) is 1.16. The number of benzene rings is 2. The van der Waals surface area contributed by atoms with Crippen LogP contribution in [-0.2, 0) is 11.2 Å². The van der Waals surface area contributed by atoms with E-state index < -0.39 is 0 Å². The summed E-state index contributed by atoms with van der Waals surface area (Å²) in [5.74, 6) is 0.000674. The third-order valence-corrected chi connectivity index (χ3v) is 3.65. The van der Waals surface area contributed by atoms with Gasteiger partial charge in [-0.05, 0) is 31.4 Å². The van der Waals surface area contributed by atoms with E-state index in [-0.39, 0.29) is 24.4 Å². The summed E-state index contributed by atoms with van der Waals surface area (Å²) in [5, 5.41) is 2.95. The van der Waals surface area contributed by atoms with E-state index in [0.717, 1.165) is 12.0 Å². The van der Waals surface area contributed by atoms with Gasteiger partial charge in [0.1, 0.15) is 0 Å². The molecule has 0 saturated carbocycles. The fourth-order valence-corrected chi connectivity index (χ4v) is 2.65. The zero-order valence-corrected chi connectivity index (χ0v) is 14.5. The van der Waals surface area contributed by atoms with Crippen LogP contribution < -0.4 is 11.1 Å². The summed E-state index contributed by atoms with van der Waals surface area (Å²) in [5.41, 5.74) is 10.8. The van der Waals surface area contributed by atoms with Gasteiger partial charge in [-0.15, -0.1) is 12.4 Å². The van der Waals surface area contributed by atoms with Crippen molar-refractivity contribution in [3.8, 4) is 0 Å². The van der Waals surface area contributed by atoms with E-state index in [1.807, 2.05) is 30.3 Å². The van der Waals surface area contributed by atoms with Gasteiger partial charge >= 0.3 is 0 Å². The molecule has 23 heavy (non-hydrogen) atoms. The molecule has 0 fully saturated rings. The van der Waals surface area contributed by atoms with Crippen molar-refractivity contribution in [2.45, 2.75) is 32.7 Å². The summed E-state index contributed by atoms with van der Waals surface area (Å²) in [4.78, 5) is 12.0. The van der Waals surface area contributed by atoms with E-state index in [4.69, 9.17) is 5.73 Å². The maximum Gasteiger partial charge on any atom is 0.221 e. The monoisotopic (exact) mass is 332 g/mol. The van der Waals surface area contributed by atoms with Crippen molar-refractivity contribution in [3.63, 3.8) is 0 Å². The highest BCUT2D eigenvalue weighted by Gasteiger charge is 2.10. The van der Waals surface area contributed by atoms with Crippen molar-refractivity contribution in [1.29, 1.82) is 0 Å². The Morgan fingerprint density at radius 2 is 1.70 bits per heavy atom. The van der Waals surface area contributed by atoms with E-state index in [1.54, 1.807) is 0 Å². The van der Waals surface area contributed by atoms with Crippen LogP contribution in [0.15, 0.2) is 48.5 Å². The summed E-state index contributed by atoms with van der Waals surface area (Å²) in [6.45, 7) is 4.82. The number of rotatable bonds is 6. The summed E-state index contributed by atoms with van der Waals surface area (Å²) in [7, 11) is 0. The van der Waals surface area contributed by atoms with Crippen LogP contribution in [0.5, 0.6) is 0 Å². The van der Waals surface area contributed by atoms with Gasteiger partial charge in [-0.25, -0.2) is 0 Å². The Balaban J connectivity index is 0.00000264. The van der Waals surface area contributed by atoms with Crippen LogP contribution in [-0.4, -0.2) is 12.5 Å². The number of nitrogens with one attached hydrogen (secondary N) is 1. The van der Waals surface area contributed by atoms with Crippen LogP contribution in [0, 0.1) is 13.8 Å². The largest absolute Gasteiger partial charge is 0.356 e. The van der Waals surface area contributed by atoms with E-state index >= 15 is 0 Å². The van der Waals surface area contributed by atoms with E-state index in [9.17, 15) is 4.79 Å². The number of hydrogen-bond acceptors (Lipinski definition) is 2. The van der Waals surface area contributed by atoms with Crippen molar-refractivity contribution >= 4 is 18.3 Å². The predicted octanol–water partition coefficient (Wildman–Crippen LogP) is 3.47. The van der Waals surface area contributed by atoms with E-state index in [1.165, 1.54) is 16.7 Å². The van der Waals surface area contributed by atoms with Crippen LogP contribution in [0.25, 0.3) is 0 Å². The van der Waals surface area contributed by atoms with Crippen molar-refractivity contribution in [2.75, 3.05) is 6.54 Å². The average molecular weight is 333 g/mol. The maximum atomic E-state index is 12.0. The fourth-order valence-electron chi connectivity index (χ4n) is 2.65. The molecule has 1 amide bonds. The van der Waals surface area contributed by atoms with E-state index in [2.05, 4.69) is 37.4 Å². The van der Waals surface area contributed by atoms with Crippen LogP contribution >= 0.6 is 12.4 Å². The highest BCUT2D eigenvalue weighted by atomic mass is 35.5. The Hall–Kier alpha value is -1.84. The molecule has 0 aliphatic heterocycles. The summed E-state index contributed by atoms with van der Waals surface area (Å²) >= 11 is 0. The van der Waals surface area contributed by atoms with Gasteiger partial charge in [0, 0.05) is 19.0 Å². The molecule has 3 nitrogen and oxygen atoms in total. The Bertz CT molecular complexity index is 608. The first-order valence-corrected chi connectivity index (χ1v) is 7.69. The minimum absolute atomic E-state index is 0. The molecule has 0 saturated heterocycles. The van der Waals surface area contributed by atoms with Crippen molar-refractivity contribution in [1.82, 2.24) is 5.32 Å². The predicted molar refractivity (Wildman–Crippen MR) is 97.9 cm³/mol. The number of carbonyl (C=O) groups is 1. The standard InChI is InChI=1S/C19H24N2O.ClH/c1-14-10-15(2)12-16(11-14)8-9-21-19(22)13-18(20)17-6-4-3-5-7-17;/h3-7,10-12,18H,8-9,13,20H2,1-2H3,(H,21,22);1H. The average Bonchev–Trinajstić information content (AvgIpc) is 2.47. The SMILES string of the molecule is Cc1cc(C)cc(CCNC(=O)CC(N)c2ccccc2)c1.Cl. The van der Waals surface area contributed by atoms with Gasteiger partial charge in [0.2, 0.25) is 5.91 Å². The molecule has 2 rings (SSSR count). The smallest absolute Gasteiger partial charge is 0.221 e. The van der Waals surface area contributed by atoms with Crippen LogP contribution in [0.1, 0.15) is 34.7 Å². The topological polar surface area (TPSA) is 55.1 Å². The highest BCUT2D eigenvalue weighted by molar-refractivity contribution is 5.85. The second kappa shape index (κ2) is 9.33. The third kappa shape index (κ3) is 6.43. The summed E-state index contributed by atoms with van der Waals surface area (Å²) < 4.78 is 0. The van der Waals surface area contributed by atoms with Gasteiger partial charge in [0.25, 0.3) is 0 Å². The first-order valence-electron chi connectivity index (χ1n) is 7.69. The van der Waals surface area contributed by atoms with Crippen molar-refractivity contribution in [2.24, 2.45) is 5.73 Å². The number of amides is 1. The number of halogens is 1. The molecule has 1 unspecified atom stereocenters. The molecule has 3 N–H and O–H groups in total. The number of carbonyl (C=O) groups excluding carboxylic acids is 1. The molecule has 0 spiro atoms. The zero-order chi connectivity index (χ0) is 15.9. The van der Waals surface area contributed by atoms with E-state index in [0.29, 0.717) is 13.0 Å². The van der Waals surface area contributed by atoms with Gasteiger partial charge in [0.15, 0.2) is 0 Å². The molecule has 0 radical (unpaired) electrons. The van der Waals surface area contributed by atoms with Gasteiger partial charge < -0.3 is 11.1 Å². The lowest BCUT2D eigenvalue weighted by molar-refractivity contribution is -0.121. The number of aryl methyl sites for hydroxylation is 2. The zero-order valence-electron chi connectivity index (χ0n) is 13.7. The second-order valence-corrected chi connectivity index (χ2v) is 5.82. The lowest BCUT2D eigenvalue weighted by Crippen LogP contribution is -2.29. The highest BCUT2D eigenvalue weighted by Crippen LogP contribution is 2.13. The molecule has 2 aromatic carbocycles. The molecule has 0 aliphatic rings. The molecular formula is C19H25ClN2O. The quantitative estimate of drug-likeness (QED) is 0.851. The molecule has 4 heteroatoms. The first kappa shape index (κ1) is 19.2. The molecule has 0 heterocycles. The maximum absolute atomic E-state index is 12.0. The molecule has 0 aromatic heterocycles. The first-order chi connectivity index (χ1) is 10.5. The van der Waals surface area contributed by atoms with Crippen LogP contribution in [0.4, 0.5) is 0 Å². The molecule has 1 atom stereocenters. The minimum Gasteiger partial charge on any atom is -0.356 e. The van der Waals surface area contributed by atoms with Crippen molar-refractivity contribution < 1.29 is 4.79 Å². The Kier molecular flexibility index (Phi) is 7.79. The second-order valence-electron chi connectivity index (χ2n) is 5.82. The van der Waals surface area contributed by atoms with Gasteiger partial charge in [0.05, 0.1) is 0 Å². The lowest BCUT2D eigenvalue weighted by atomic mass is 10.0.